The van der Waals surface area contributed by atoms with Crippen molar-refractivity contribution in [3.05, 3.63) is 497 Å². The second kappa shape index (κ2) is 34.4. The van der Waals surface area contributed by atoms with E-state index < -0.39 is 0 Å². The molecule has 8 nitrogen and oxygen atoms in total. The fourth-order valence-electron chi connectivity index (χ4n) is 24.3. The van der Waals surface area contributed by atoms with Gasteiger partial charge in [-0.3, -0.25) is 0 Å². The fourth-order valence-corrected chi connectivity index (χ4v) is 24.3. The SMILES string of the molecule is c1ccc(-c2cc3ccccc3cc2-c2cc3c4c(c2)Oc2ccccc2B4c2ccccc2O3)cc1.c1ccc(-c2ccc(-c3cc4c5c(c3)Oc3ccccc3B5c3ccccc3O4)c3ccccc23)cc1.c1ccc2c(c1)Oc1cc(-c3cc4ccccc4c4ccccc34)cc3c1B2c1ccccc1O3.c1ccc2c(c1)Oc1cc(-c3ccc4c5ccccc5c5ccccc5c4c3)cc3c1B2c1ccccc1O3. The molecule has 8 heterocycles. The average Bonchev–Trinajstić information content (AvgIpc) is 0.729. The van der Waals surface area contributed by atoms with Crippen LogP contribution in [0.1, 0.15) is 0 Å². The molecule has 0 aromatic heterocycles. The van der Waals surface area contributed by atoms with Gasteiger partial charge in [0.05, 0.1) is 0 Å². The van der Waals surface area contributed by atoms with E-state index in [9.17, 15) is 0 Å². The quantitative estimate of drug-likeness (QED) is 0.120. The van der Waals surface area contributed by atoms with Gasteiger partial charge in [-0.1, -0.05) is 376 Å². The summed E-state index contributed by atoms with van der Waals surface area (Å²) in [7, 11) is 0. The van der Waals surface area contributed by atoms with Gasteiger partial charge in [0.15, 0.2) is 0 Å². The van der Waals surface area contributed by atoms with Crippen molar-refractivity contribution in [3.8, 4) is 159 Å². The lowest BCUT2D eigenvalue weighted by molar-refractivity contribution is 0.464. The van der Waals surface area contributed by atoms with E-state index in [2.05, 4.69) is 449 Å². The minimum Gasteiger partial charge on any atom is -0.458 e. The summed E-state index contributed by atoms with van der Waals surface area (Å²) in [6, 6.07) is 175. The molecule has 12 heteroatoms. The van der Waals surface area contributed by atoms with Crippen LogP contribution in [0.3, 0.4) is 0 Å². The molecule has 148 heavy (non-hydrogen) atoms. The summed E-state index contributed by atoms with van der Waals surface area (Å²) in [6.07, 6.45) is 0. The van der Waals surface area contributed by atoms with Crippen LogP contribution in [0.15, 0.2) is 497 Å². The van der Waals surface area contributed by atoms with Crippen LogP contribution < -0.4 is 103 Å². The number of fused-ring (bicyclic) bond motifs is 27. The summed E-state index contributed by atoms with van der Waals surface area (Å²) < 4.78 is 52.3. The topological polar surface area (TPSA) is 73.8 Å². The predicted octanol–water partition coefficient (Wildman–Crippen LogP) is 27.7. The summed E-state index contributed by atoms with van der Waals surface area (Å²) in [5.74, 6) is 14.2. The summed E-state index contributed by atoms with van der Waals surface area (Å²) in [5, 5.41) is 17.5. The standard InChI is InChI=1S/C36H21BO2.2C34H21BO2.C32H19BO2/c1-2-11-26-24(9-1)25-10-3-4-12-27(25)29-19-22(17-18-28(26)29)23-20-34-36-35(21-23)39-33-16-8-6-14-31(33)37(36)30-13-5-7-15-32(30)38-34;1-2-10-22(11-3-1)26-18-23-12-4-5-13-24(23)19-27(26)25-20-32-34-33(21-25)37-31-17-9-7-15-29(31)35(34)28-14-6-8-16-30(28)36-32;1-2-10-22(11-3-1)24-18-19-25(27-13-5-4-12-26(24)27)23-20-32-34-33(21-23)37-31-17-9-7-15-29(31)35(34)28-14-6-8-16-30(28)36-32;1-2-10-22-20(9-1)17-25(24-12-4-3-11-23(22)24)21-18-30-32-31(19-21)35-29-16-8-6-14-27(29)33(32)26-13-5-7-15-28(26)34-30/h1-21H;2*1-21H;1-19H. The Bertz CT molecular complexity index is 9580. The second-order valence-electron chi connectivity index (χ2n) is 39.1. The highest BCUT2D eigenvalue weighted by atomic mass is 16.5. The lowest BCUT2D eigenvalue weighted by Crippen LogP contribution is -2.57. The minimum absolute atomic E-state index is 0.0825. The van der Waals surface area contributed by atoms with Crippen molar-refractivity contribution in [2.75, 3.05) is 0 Å². The monoisotopic (exact) mass is 1890 g/mol. The van der Waals surface area contributed by atoms with Gasteiger partial charge in [-0.05, 0) is 307 Å². The Kier molecular flexibility index (Phi) is 19.7. The summed E-state index contributed by atoms with van der Waals surface area (Å²) >= 11 is 0. The molecule has 8 aliphatic rings. The van der Waals surface area contributed by atoms with Gasteiger partial charge < -0.3 is 37.9 Å². The van der Waals surface area contributed by atoms with E-state index in [1.807, 2.05) is 48.5 Å². The molecule has 686 valence electrons. The van der Waals surface area contributed by atoms with E-state index in [0.29, 0.717) is 0 Å². The first kappa shape index (κ1) is 84.6. The van der Waals surface area contributed by atoms with Crippen molar-refractivity contribution >= 4 is 168 Å². The summed E-state index contributed by atoms with van der Waals surface area (Å²) in [6.45, 7) is 0.355. The van der Waals surface area contributed by atoms with E-state index in [1.165, 1.54) is 147 Å². The van der Waals surface area contributed by atoms with Crippen LogP contribution in [0.25, 0.3) is 142 Å². The molecule has 0 bridgehead atoms. The van der Waals surface area contributed by atoms with E-state index in [-0.39, 0.29) is 26.9 Å². The van der Waals surface area contributed by atoms with Gasteiger partial charge in [0.1, 0.15) is 92.0 Å². The maximum Gasteiger partial charge on any atom is 0.260 e. The first-order valence-electron chi connectivity index (χ1n) is 50.6. The van der Waals surface area contributed by atoms with Gasteiger partial charge in [-0.15, -0.1) is 0 Å². The van der Waals surface area contributed by atoms with Crippen molar-refractivity contribution in [1.82, 2.24) is 0 Å². The third kappa shape index (κ3) is 13.9. The summed E-state index contributed by atoms with van der Waals surface area (Å²) in [4.78, 5) is 0. The Balaban J connectivity index is 0.0000000911. The van der Waals surface area contributed by atoms with Gasteiger partial charge >= 0.3 is 0 Å². The molecule has 25 aromatic carbocycles. The van der Waals surface area contributed by atoms with Crippen molar-refractivity contribution in [3.63, 3.8) is 0 Å². The molecule has 0 radical (unpaired) electrons. The molecule has 0 atom stereocenters. The highest BCUT2D eigenvalue weighted by Gasteiger charge is 2.46. The number of hydrogen-bond acceptors (Lipinski definition) is 8. The molecular weight excluding hydrogens is 1800 g/mol. The van der Waals surface area contributed by atoms with Crippen LogP contribution >= 0.6 is 0 Å². The molecular formula is C136H82B4O8. The van der Waals surface area contributed by atoms with Crippen molar-refractivity contribution in [1.29, 1.82) is 0 Å². The Hall–Kier alpha value is -19.0. The smallest absolute Gasteiger partial charge is 0.260 e. The van der Waals surface area contributed by atoms with Crippen LogP contribution in [0, 0.1) is 0 Å². The number of hydrogen-bond donors (Lipinski definition) is 0. The van der Waals surface area contributed by atoms with Gasteiger partial charge in [0.25, 0.3) is 26.9 Å². The van der Waals surface area contributed by atoms with Crippen LogP contribution in [-0.2, 0) is 0 Å². The molecule has 0 saturated heterocycles. The van der Waals surface area contributed by atoms with Crippen LogP contribution in [0.4, 0.5) is 0 Å². The van der Waals surface area contributed by atoms with Crippen LogP contribution in [0.2, 0.25) is 0 Å². The second-order valence-corrected chi connectivity index (χ2v) is 39.1. The van der Waals surface area contributed by atoms with Gasteiger partial charge in [0.2, 0.25) is 0 Å². The van der Waals surface area contributed by atoms with Crippen molar-refractivity contribution in [2.24, 2.45) is 0 Å². The molecule has 0 fully saturated rings. The third-order valence-corrected chi connectivity index (χ3v) is 30.9. The third-order valence-electron chi connectivity index (χ3n) is 30.9. The molecule has 25 aromatic rings. The van der Waals surface area contributed by atoms with E-state index in [1.54, 1.807) is 0 Å². The maximum atomic E-state index is 6.55. The predicted molar refractivity (Wildman–Crippen MR) is 612 cm³/mol. The minimum atomic E-state index is 0.0825. The number of para-hydroxylation sites is 8. The normalized spacial score (nSPS) is 12.8. The first-order valence-corrected chi connectivity index (χ1v) is 50.6. The zero-order chi connectivity index (χ0) is 97.1. The van der Waals surface area contributed by atoms with Crippen molar-refractivity contribution in [2.45, 2.75) is 0 Å². The highest BCUT2D eigenvalue weighted by molar-refractivity contribution is 7.00. The molecule has 0 saturated carbocycles. The molecule has 0 amide bonds. The van der Waals surface area contributed by atoms with Gasteiger partial charge in [-0.25, -0.2) is 0 Å². The van der Waals surface area contributed by atoms with Gasteiger partial charge in [0, 0.05) is 21.9 Å². The zero-order valence-corrected chi connectivity index (χ0v) is 79.9. The molecule has 33 rings (SSSR count). The van der Waals surface area contributed by atoms with Crippen LogP contribution in [-0.4, -0.2) is 26.9 Å². The number of benzene rings is 25. The lowest BCUT2D eigenvalue weighted by Gasteiger charge is -2.33. The number of rotatable bonds is 6. The Morgan fingerprint density at radius 1 is 0.108 bits per heavy atom. The van der Waals surface area contributed by atoms with Crippen LogP contribution in [0.5, 0.6) is 92.0 Å². The highest BCUT2D eigenvalue weighted by Crippen LogP contribution is 2.50. The molecule has 0 N–H and O–H groups in total. The van der Waals surface area contributed by atoms with E-state index in [4.69, 9.17) is 37.9 Å². The molecule has 8 aliphatic heterocycles. The first-order chi connectivity index (χ1) is 73.4. The molecule has 0 spiro atoms. The summed E-state index contributed by atoms with van der Waals surface area (Å²) in [5.41, 5.74) is 27.7. The molecule has 0 aliphatic carbocycles. The van der Waals surface area contributed by atoms with Gasteiger partial charge in [-0.2, -0.15) is 0 Å². The number of ether oxygens (including phenoxy) is 8. The average molecular weight is 1890 g/mol. The maximum absolute atomic E-state index is 6.55. The largest absolute Gasteiger partial charge is 0.458 e. The Labute approximate surface area is 855 Å². The van der Waals surface area contributed by atoms with Crippen molar-refractivity contribution < 1.29 is 37.9 Å². The van der Waals surface area contributed by atoms with E-state index >= 15 is 0 Å². The Morgan fingerprint density at radius 3 is 0.662 bits per heavy atom. The zero-order valence-electron chi connectivity index (χ0n) is 79.9. The Morgan fingerprint density at radius 2 is 0.324 bits per heavy atom. The molecule has 0 unspecified atom stereocenters. The fraction of sp³-hybridized carbons (Fsp3) is 0. The van der Waals surface area contributed by atoms with E-state index in [0.717, 1.165) is 153 Å². The lowest BCUT2D eigenvalue weighted by atomic mass is 9.35.